The molecule has 0 amide bonds. The average Bonchev–Trinajstić information content (AvgIpc) is 2.72. The van der Waals surface area contributed by atoms with E-state index in [2.05, 4.69) is 41.0 Å². The zero-order valence-corrected chi connectivity index (χ0v) is 15.1. The van der Waals surface area contributed by atoms with Gasteiger partial charge in [0.15, 0.2) is 0 Å². The van der Waals surface area contributed by atoms with E-state index in [0.717, 1.165) is 44.4 Å². The van der Waals surface area contributed by atoms with E-state index < -0.39 is 0 Å². The summed E-state index contributed by atoms with van der Waals surface area (Å²) in [6, 6.07) is 20.4. The first-order valence-electron chi connectivity index (χ1n) is 8.85. The summed E-state index contributed by atoms with van der Waals surface area (Å²) in [5.41, 5.74) is 5.43. The highest BCUT2D eigenvalue weighted by Gasteiger charge is 2.06. The summed E-state index contributed by atoms with van der Waals surface area (Å²) in [5, 5.41) is 2.18. The number of fused-ring (bicyclic) bond motifs is 2. The van der Waals surface area contributed by atoms with Crippen molar-refractivity contribution in [1.29, 1.82) is 0 Å². The van der Waals surface area contributed by atoms with E-state index in [-0.39, 0.29) is 0 Å². The van der Waals surface area contributed by atoms with Gasteiger partial charge in [-0.25, -0.2) is 9.97 Å². The number of hydrogen-bond acceptors (Lipinski definition) is 3. The summed E-state index contributed by atoms with van der Waals surface area (Å²) >= 11 is 0. The monoisotopic (exact) mass is 349 g/mol. The second-order valence-electron chi connectivity index (χ2n) is 6.23. The standard InChI is InChI=1S/C24H19N3/c1-3-6-18-9-10-19-12-14-21(27-24(19)23(18)25-2)16-15-20-13-11-17-7-4-5-8-22(17)26-20/h3-16H,2H2,1H3/b6-3-,16-15+. The molecular formula is C24H19N3. The van der Waals surface area contributed by atoms with Crippen LogP contribution < -0.4 is 0 Å². The molecule has 3 heteroatoms. The Morgan fingerprint density at radius 1 is 0.778 bits per heavy atom. The first-order valence-corrected chi connectivity index (χ1v) is 8.85. The Hall–Kier alpha value is -3.59. The number of aromatic nitrogens is 2. The van der Waals surface area contributed by atoms with Crippen molar-refractivity contribution in [3.05, 3.63) is 83.7 Å². The minimum atomic E-state index is 0.810. The van der Waals surface area contributed by atoms with Gasteiger partial charge in [0.2, 0.25) is 0 Å². The van der Waals surface area contributed by atoms with Crippen LogP contribution in [-0.4, -0.2) is 16.7 Å². The summed E-state index contributed by atoms with van der Waals surface area (Å²) in [4.78, 5) is 13.7. The van der Waals surface area contributed by atoms with Gasteiger partial charge in [0.05, 0.1) is 28.1 Å². The molecule has 2 aromatic heterocycles. The van der Waals surface area contributed by atoms with Crippen LogP contribution in [0.15, 0.2) is 71.7 Å². The molecule has 0 unspecified atom stereocenters. The molecule has 0 aliphatic rings. The fraction of sp³-hybridized carbons (Fsp3) is 0.0417. The molecule has 130 valence electrons. The van der Waals surface area contributed by atoms with Gasteiger partial charge in [-0.05, 0) is 44.0 Å². The van der Waals surface area contributed by atoms with Gasteiger partial charge < -0.3 is 0 Å². The zero-order valence-electron chi connectivity index (χ0n) is 15.1. The van der Waals surface area contributed by atoms with Gasteiger partial charge in [-0.2, -0.15) is 0 Å². The molecule has 0 fully saturated rings. The second kappa shape index (κ2) is 7.34. The van der Waals surface area contributed by atoms with Gasteiger partial charge in [-0.3, -0.25) is 4.99 Å². The number of aliphatic imine (C=N–C) groups is 1. The molecule has 4 rings (SSSR count). The van der Waals surface area contributed by atoms with Crippen LogP contribution in [0.4, 0.5) is 5.69 Å². The highest BCUT2D eigenvalue weighted by molar-refractivity contribution is 5.95. The molecule has 0 N–H and O–H groups in total. The van der Waals surface area contributed by atoms with E-state index in [0.29, 0.717) is 0 Å². The number of allylic oxidation sites excluding steroid dienone is 1. The number of pyridine rings is 2. The fourth-order valence-corrected chi connectivity index (χ4v) is 3.12. The topological polar surface area (TPSA) is 38.1 Å². The van der Waals surface area contributed by atoms with Crippen molar-refractivity contribution >= 4 is 52.4 Å². The maximum Gasteiger partial charge on any atom is 0.0971 e. The van der Waals surface area contributed by atoms with Crippen molar-refractivity contribution < 1.29 is 0 Å². The molecule has 0 bridgehead atoms. The van der Waals surface area contributed by atoms with E-state index in [1.54, 1.807) is 0 Å². The van der Waals surface area contributed by atoms with E-state index in [1.807, 2.05) is 67.6 Å². The highest BCUT2D eigenvalue weighted by Crippen LogP contribution is 2.30. The summed E-state index contributed by atoms with van der Waals surface area (Å²) in [7, 11) is 0. The Balaban J connectivity index is 1.74. The molecule has 0 aliphatic carbocycles. The summed E-state index contributed by atoms with van der Waals surface area (Å²) in [6.45, 7) is 5.71. The highest BCUT2D eigenvalue weighted by atomic mass is 14.8. The number of para-hydroxylation sites is 1. The average molecular weight is 349 g/mol. The van der Waals surface area contributed by atoms with Gasteiger partial charge in [0, 0.05) is 16.3 Å². The third-order valence-electron chi connectivity index (χ3n) is 4.44. The van der Waals surface area contributed by atoms with Gasteiger partial charge in [0.25, 0.3) is 0 Å². The number of benzene rings is 2. The molecule has 0 radical (unpaired) electrons. The molecule has 4 aromatic rings. The quantitative estimate of drug-likeness (QED) is 0.404. The first kappa shape index (κ1) is 16.9. The maximum atomic E-state index is 4.78. The van der Waals surface area contributed by atoms with Gasteiger partial charge in [-0.15, -0.1) is 0 Å². The lowest BCUT2D eigenvalue weighted by molar-refractivity contribution is 1.35. The third-order valence-corrected chi connectivity index (χ3v) is 4.44. The Morgan fingerprint density at radius 3 is 2.26 bits per heavy atom. The molecule has 0 aliphatic heterocycles. The van der Waals surface area contributed by atoms with E-state index in [4.69, 9.17) is 4.98 Å². The lowest BCUT2D eigenvalue weighted by Gasteiger charge is -2.06. The molecule has 3 nitrogen and oxygen atoms in total. The van der Waals surface area contributed by atoms with Crippen LogP contribution in [0.3, 0.4) is 0 Å². The molecule has 0 saturated carbocycles. The molecular weight excluding hydrogens is 330 g/mol. The van der Waals surface area contributed by atoms with Crippen LogP contribution in [0, 0.1) is 0 Å². The maximum absolute atomic E-state index is 4.78. The van der Waals surface area contributed by atoms with Crippen molar-refractivity contribution in [2.24, 2.45) is 4.99 Å². The van der Waals surface area contributed by atoms with E-state index >= 15 is 0 Å². The summed E-state index contributed by atoms with van der Waals surface area (Å²) < 4.78 is 0. The molecule has 27 heavy (non-hydrogen) atoms. The van der Waals surface area contributed by atoms with Crippen LogP contribution >= 0.6 is 0 Å². The first-order chi connectivity index (χ1) is 13.3. The number of nitrogens with zero attached hydrogens (tertiary/aromatic N) is 3. The van der Waals surface area contributed by atoms with E-state index in [9.17, 15) is 0 Å². The molecule has 2 aromatic carbocycles. The van der Waals surface area contributed by atoms with Crippen LogP contribution in [0.1, 0.15) is 23.9 Å². The largest absolute Gasteiger partial charge is 0.262 e. The summed E-state index contributed by atoms with van der Waals surface area (Å²) in [6.07, 6.45) is 7.97. The Morgan fingerprint density at radius 2 is 1.48 bits per heavy atom. The normalized spacial score (nSPS) is 11.7. The van der Waals surface area contributed by atoms with Gasteiger partial charge >= 0.3 is 0 Å². The molecule has 2 heterocycles. The Bertz CT molecular complexity index is 1200. The minimum absolute atomic E-state index is 0.810. The van der Waals surface area contributed by atoms with Gasteiger partial charge in [0.1, 0.15) is 0 Å². The Labute approximate surface area is 158 Å². The molecule has 0 atom stereocenters. The number of rotatable bonds is 4. The van der Waals surface area contributed by atoms with Crippen molar-refractivity contribution in [2.45, 2.75) is 6.92 Å². The lowest BCUT2D eigenvalue weighted by Crippen LogP contribution is -1.87. The Kier molecular flexibility index (Phi) is 4.58. The summed E-state index contributed by atoms with van der Waals surface area (Å²) in [5.74, 6) is 0. The van der Waals surface area contributed by atoms with E-state index in [1.165, 1.54) is 0 Å². The van der Waals surface area contributed by atoms with Gasteiger partial charge in [-0.1, -0.05) is 54.6 Å². The third kappa shape index (κ3) is 3.40. The van der Waals surface area contributed by atoms with Crippen LogP contribution in [-0.2, 0) is 0 Å². The van der Waals surface area contributed by atoms with Crippen LogP contribution in [0.5, 0.6) is 0 Å². The van der Waals surface area contributed by atoms with Crippen molar-refractivity contribution in [3.63, 3.8) is 0 Å². The predicted octanol–water partition coefficient (Wildman–Crippen LogP) is 6.32. The second-order valence-corrected chi connectivity index (χ2v) is 6.23. The van der Waals surface area contributed by atoms with Crippen molar-refractivity contribution in [1.82, 2.24) is 9.97 Å². The number of hydrogen-bond donors (Lipinski definition) is 0. The minimum Gasteiger partial charge on any atom is -0.262 e. The SMILES string of the molecule is C=Nc1c(/C=C\C)ccc2ccc(/C=C/c3ccc4ccccc4n3)nc12. The predicted molar refractivity (Wildman–Crippen MR) is 116 cm³/mol. The van der Waals surface area contributed by atoms with Crippen molar-refractivity contribution in [2.75, 3.05) is 0 Å². The lowest BCUT2D eigenvalue weighted by atomic mass is 10.1. The fourth-order valence-electron chi connectivity index (χ4n) is 3.12. The zero-order chi connectivity index (χ0) is 18.6. The molecule has 0 saturated heterocycles. The van der Waals surface area contributed by atoms with Crippen LogP contribution in [0.2, 0.25) is 0 Å². The van der Waals surface area contributed by atoms with Crippen LogP contribution in [0.25, 0.3) is 40.0 Å². The molecule has 0 spiro atoms. The van der Waals surface area contributed by atoms with Crippen molar-refractivity contribution in [3.8, 4) is 0 Å². The smallest absolute Gasteiger partial charge is 0.0971 e.